The van der Waals surface area contributed by atoms with Gasteiger partial charge >= 0.3 is 0 Å². The number of aliphatic imine (C=N–C) groups is 1. The molecule has 0 aliphatic heterocycles. The van der Waals surface area contributed by atoms with Crippen LogP contribution in [0.4, 0.5) is 0 Å². The van der Waals surface area contributed by atoms with Gasteiger partial charge < -0.3 is 4.74 Å². The van der Waals surface area contributed by atoms with Crippen LogP contribution in [0.5, 0.6) is 0 Å². The molecule has 6 heteroatoms. The van der Waals surface area contributed by atoms with Crippen molar-refractivity contribution < 1.29 is 4.74 Å². The van der Waals surface area contributed by atoms with Crippen LogP contribution in [0.3, 0.4) is 0 Å². The Morgan fingerprint density at radius 1 is 1.14 bits per heavy atom. The summed E-state index contributed by atoms with van der Waals surface area (Å²) in [5.41, 5.74) is 6.06. The minimum absolute atomic E-state index is 0.130. The fraction of sp³-hybridized carbons (Fsp3) is 0.419. The Morgan fingerprint density at radius 2 is 1.86 bits per heavy atom. The molecule has 3 heterocycles. The van der Waals surface area contributed by atoms with E-state index in [0.717, 1.165) is 46.4 Å². The van der Waals surface area contributed by atoms with Crippen LogP contribution >= 0.6 is 0 Å². The molecule has 0 spiro atoms. The summed E-state index contributed by atoms with van der Waals surface area (Å²) in [7, 11) is 1.55. The number of fused-ring (bicyclic) bond motifs is 1. The number of ether oxygens (including phenoxy) is 1. The molecule has 37 heavy (non-hydrogen) atoms. The molecule has 0 atom stereocenters. The number of pyridine rings is 3. The highest BCUT2D eigenvalue weighted by molar-refractivity contribution is 5.76. The monoisotopic (exact) mass is 498 g/mol. The lowest BCUT2D eigenvalue weighted by molar-refractivity contribution is 0.289. The van der Waals surface area contributed by atoms with Gasteiger partial charge in [0, 0.05) is 28.9 Å². The standard InChI is InChI=1S/C24H27N3O.C7H11NO/c1-16-9-10-19-14-21(17-6-3-2-4-7-17)24(28)27(23(19)26-16)15-22-20(18-11-12-18)8-5-13-25-22;1-6(2)5-7(8-3)9-4/h5,8-10,13-14,17-18H,2-4,6-7,11-12,15H2,1H3;5H,1,3H2,2,4H3/b;7-5+. The Balaban J connectivity index is 0.000000307. The number of hydrogen-bond acceptors (Lipinski definition) is 5. The molecule has 0 amide bonds. The molecule has 0 saturated heterocycles. The molecule has 3 aromatic heterocycles. The molecular weight excluding hydrogens is 460 g/mol. The molecule has 2 fully saturated rings. The van der Waals surface area contributed by atoms with Crippen molar-refractivity contribution in [2.75, 3.05) is 7.11 Å². The lowest BCUT2D eigenvalue weighted by Gasteiger charge is -2.23. The zero-order valence-corrected chi connectivity index (χ0v) is 22.4. The van der Waals surface area contributed by atoms with E-state index in [1.165, 1.54) is 37.7 Å². The second kappa shape index (κ2) is 12.1. The van der Waals surface area contributed by atoms with Gasteiger partial charge in [-0.25, -0.2) is 9.98 Å². The van der Waals surface area contributed by atoms with Crippen LogP contribution in [0.2, 0.25) is 0 Å². The first-order valence-corrected chi connectivity index (χ1v) is 13.2. The van der Waals surface area contributed by atoms with Gasteiger partial charge in [0.15, 0.2) is 0 Å². The smallest absolute Gasteiger partial charge is 0.256 e. The van der Waals surface area contributed by atoms with Crippen LogP contribution in [-0.4, -0.2) is 28.4 Å². The van der Waals surface area contributed by atoms with Gasteiger partial charge in [-0.2, -0.15) is 0 Å². The molecule has 194 valence electrons. The molecule has 6 nitrogen and oxygen atoms in total. The maximum Gasteiger partial charge on any atom is 0.256 e. The van der Waals surface area contributed by atoms with Crippen molar-refractivity contribution in [1.82, 2.24) is 14.5 Å². The number of methoxy groups -OCH3 is 1. The summed E-state index contributed by atoms with van der Waals surface area (Å²) >= 11 is 0. The third kappa shape index (κ3) is 6.62. The van der Waals surface area contributed by atoms with Crippen molar-refractivity contribution in [1.29, 1.82) is 0 Å². The lowest BCUT2D eigenvalue weighted by atomic mass is 9.84. The predicted octanol–water partition coefficient (Wildman–Crippen LogP) is 6.82. The second-order valence-electron chi connectivity index (χ2n) is 10.2. The van der Waals surface area contributed by atoms with E-state index in [9.17, 15) is 4.79 Å². The molecule has 0 radical (unpaired) electrons. The quantitative estimate of drug-likeness (QED) is 0.203. The summed E-state index contributed by atoms with van der Waals surface area (Å²) in [5.74, 6) is 1.49. The van der Waals surface area contributed by atoms with E-state index < -0.39 is 0 Å². The van der Waals surface area contributed by atoms with Gasteiger partial charge in [-0.1, -0.05) is 37.5 Å². The topological polar surface area (TPSA) is 69.4 Å². The first-order chi connectivity index (χ1) is 17.9. The molecule has 0 aromatic carbocycles. The molecule has 0 N–H and O–H groups in total. The zero-order valence-electron chi connectivity index (χ0n) is 22.4. The van der Waals surface area contributed by atoms with Crippen molar-refractivity contribution >= 4 is 17.8 Å². The number of aryl methyl sites for hydroxylation is 1. The fourth-order valence-corrected chi connectivity index (χ4v) is 5.09. The van der Waals surface area contributed by atoms with Gasteiger partial charge in [0.1, 0.15) is 5.65 Å². The normalized spacial score (nSPS) is 16.1. The minimum atomic E-state index is 0.130. The van der Waals surface area contributed by atoms with Gasteiger partial charge in [-0.15, -0.1) is 0 Å². The minimum Gasteiger partial charge on any atom is -0.481 e. The first-order valence-electron chi connectivity index (χ1n) is 13.2. The SMILES string of the molecule is C=N/C(=C\C(=C)C)OC.Cc1ccc2cc(C3CCCCC3)c(=O)n(Cc3ncccc3C3CC3)c2n1. The summed E-state index contributed by atoms with van der Waals surface area (Å²) in [6.07, 6.45) is 12.0. The fourth-order valence-electron chi connectivity index (χ4n) is 5.09. The summed E-state index contributed by atoms with van der Waals surface area (Å²) in [6, 6.07) is 10.4. The second-order valence-corrected chi connectivity index (χ2v) is 10.2. The third-order valence-electron chi connectivity index (χ3n) is 7.13. The van der Waals surface area contributed by atoms with Gasteiger partial charge in [0.2, 0.25) is 5.88 Å². The Hall–Kier alpha value is -3.54. The average Bonchev–Trinajstić information content (AvgIpc) is 3.75. The maximum absolute atomic E-state index is 13.6. The van der Waals surface area contributed by atoms with Crippen LogP contribution in [0.15, 0.2) is 70.4 Å². The maximum atomic E-state index is 13.6. The highest BCUT2D eigenvalue weighted by Crippen LogP contribution is 2.41. The highest BCUT2D eigenvalue weighted by atomic mass is 16.5. The van der Waals surface area contributed by atoms with Crippen molar-refractivity contribution in [3.8, 4) is 0 Å². The third-order valence-corrected chi connectivity index (χ3v) is 7.13. The Kier molecular flexibility index (Phi) is 8.70. The molecule has 2 aliphatic carbocycles. The van der Waals surface area contributed by atoms with Crippen molar-refractivity contribution in [3.05, 3.63) is 93.5 Å². The number of aromatic nitrogens is 3. The highest BCUT2D eigenvalue weighted by Gasteiger charge is 2.27. The zero-order chi connectivity index (χ0) is 26.4. The predicted molar refractivity (Wildman–Crippen MR) is 151 cm³/mol. The molecule has 2 aliphatic rings. The van der Waals surface area contributed by atoms with E-state index in [2.05, 4.69) is 41.5 Å². The molecule has 2 saturated carbocycles. The lowest BCUT2D eigenvalue weighted by Crippen LogP contribution is -2.28. The van der Waals surface area contributed by atoms with Gasteiger partial charge in [0.05, 0.1) is 19.3 Å². The Morgan fingerprint density at radius 3 is 2.49 bits per heavy atom. The van der Waals surface area contributed by atoms with Gasteiger partial charge in [-0.05, 0) is 87.9 Å². The van der Waals surface area contributed by atoms with Crippen LogP contribution in [0.25, 0.3) is 11.0 Å². The number of nitrogens with zero attached hydrogens (tertiary/aromatic N) is 4. The van der Waals surface area contributed by atoms with Gasteiger partial charge in [0.25, 0.3) is 5.56 Å². The van der Waals surface area contributed by atoms with Crippen LogP contribution < -0.4 is 5.56 Å². The van der Waals surface area contributed by atoms with Gasteiger partial charge in [-0.3, -0.25) is 14.3 Å². The molecule has 0 bridgehead atoms. The van der Waals surface area contributed by atoms with E-state index >= 15 is 0 Å². The van der Waals surface area contributed by atoms with Crippen LogP contribution in [0, 0.1) is 6.92 Å². The number of allylic oxidation sites excluding steroid dienone is 2. The number of rotatable bonds is 7. The molecular formula is C31H38N4O2. The van der Waals surface area contributed by atoms with E-state index in [1.807, 2.05) is 36.7 Å². The summed E-state index contributed by atoms with van der Waals surface area (Å²) in [6.45, 7) is 11.3. The molecule has 0 unspecified atom stereocenters. The average molecular weight is 499 g/mol. The summed E-state index contributed by atoms with van der Waals surface area (Å²) in [4.78, 5) is 26.6. The van der Waals surface area contributed by atoms with Crippen molar-refractivity contribution in [2.24, 2.45) is 4.99 Å². The van der Waals surface area contributed by atoms with E-state index in [1.54, 1.807) is 13.2 Å². The molecule has 5 rings (SSSR count). The van der Waals surface area contributed by atoms with E-state index in [-0.39, 0.29) is 5.56 Å². The Bertz CT molecular complexity index is 1360. The number of hydrogen-bond donors (Lipinski definition) is 0. The summed E-state index contributed by atoms with van der Waals surface area (Å²) < 4.78 is 6.67. The van der Waals surface area contributed by atoms with Crippen molar-refractivity contribution in [3.63, 3.8) is 0 Å². The first kappa shape index (κ1) is 26.5. The largest absolute Gasteiger partial charge is 0.481 e. The van der Waals surface area contributed by atoms with E-state index in [4.69, 9.17) is 9.72 Å². The Labute approximate surface area is 219 Å². The summed E-state index contributed by atoms with van der Waals surface area (Å²) in [5, 5.41) is 1.06. The molecule has 3 aromatic rings. The van der Waals surface area contributed by atoms with Crippen LogP contribution in [0.1, 0.15) is 86.2 Å². The van der Waals surface area contributed by atoms with E-state index in [0.29, 0.717) is 24.3 Å². The van der Waals surface area contributed by atoms with Crippen molar-refractivity contribution in [2.45, 2.75) is 77.2 Å². The van der Waals surface area contributed by atoms with Crippen LogP contribution in [-0.2, 0) is 11.3 Å².